The number of H-pyrrole nitrogens is 1. The van der Waals surface area contributed by atoms with Gasteiger partial charge in [-0.1, -0.05) is 18.2 Å². The Kier molecular flexibility index (Phi) is 4.38. The number of imidazole rings is 1. The molecule has 0 atom stereocenters. The molecule has 2 heterocycles. The molecule has 0 radical (unpaired) electrons. The van der Waals surface area contributed by atoms with Crippen LogP contribution in [0.4, 0.5) is 8.78 Å². The molecule has 0 spiro atoms. The number of benzene rings is 2. The average molecular weight is 356 g/mol. The number of carbonyl (C=O) groups is 1. The zero-order chi connectivity index (χ0) is 18.1. The Morgan fingerprint density at radius 3 is 2.38 bits per heavy atom. The summed E-state index contributed by atoms with van der Waals surface area (Å²) in [5.41, 5.74) is 1.44. The van der Waals surface area contributed by atoms with Crippen molar-refractivity contribution in [2.45, 2.75) is 6.54 Å². The van der Waals surface area contributed by atoms with Gasteiger partial charge in [-0.3, -0.25) is 9.69 Å². The molecule has 26 heavy (non-hydrogen) atoms. The fourth-order valence-corrected chi connectivity index (χ4v) is 3.26. The highest BCUT2D eigenvalue weighted by Gasteiger charge is 2.26. The number of carbonyl (C=O) groups excluding carboxylic acids is 1. The van der Waals surface area contributed by atoms with Crippen molar-refractivity contribution >= 4 is 16.9 Å². The lowest BCUT2D eigenvalue weighted by atomic mass is 10.1. The number of hydrogen-bond donors (Lipinski definition) is 1. The van der Waals surface area contributed by atoms with Crippen molar-refractivity contribution in [2.75, 3.05) is 26.2 Å². The molecule has 0 bridgehead atoms. The van der Waals surface area contributed by atoms with Crippen LogP contribution in [0.5, 0.6) is 0 Å². The van der Waals surface area contributed by atoms with E-state index in [9.17, 15) is 13.6 Å². The van der Waals surface area contributed by atoms with Crippen LogP contribution in [0.3, 0.4) is 0 Å². The summed E-state index contributed by atoms with van der Waals surface area (Å²) in [5, 5.41) is 0. The van der Waals surface area contributed by atoms with Gasteiger partial charge in [0.15, 0.2) is 0 Å². The van der Waals surface area contributed by atoms with E-state index < -0.39 is 23.1 Å². The van der Waals surface area contributed by atoms with E-state index in [-0.39, 0.29) is 0 Å². The van der Waals surface area contributed by atoms with Crippen LogP contribution in [0.1, 0.15) is 16.2 Å². The van der Waals surface area contributed by atoms with E-state index in [4.69, 9.17) is 0 Å². The zero-order valence-corrected chi connectivity index (χ0v) is 14.1. The van der Waals surface area contributed by atoms with Crippen molar-refractivity contribution in [1.29, 1.82) is 0 Å². The minimum Gasteiger partial charge on any atom is -0.341 e. The predicted octanol–water partition coefficient (Wildman–Crippen LogP) is 2.80. The maximum atomic E-state index is 13.8. The van der Waals surface area contributed by atoms with Crippen LogP contribution in [0, 0.1) is 11.6 Å². The molecule has 5 nitrogen and oxygen atoms in total. The molecule has 1 fully saturated rings. The first-order chi connectivity index (χ1) is 12.6. The second-order valence-corrected chi connectivity index (χ2v) is 6.37. The number of piperazine rings is 1. The zero-order valence-electron chi connectivity index (χ0n) is 14.1. The highest BCUT2D eigenvalue weighted by molar-refractivity contribution is 5.94. The number of amides is 1. The van der Waals surface area contributed by atoms with Crippen molar-refractivity contribution in [3.05, 3.63) is 65.5 Å². The molecule has 0 saturated carbocycles. The Bertz CT molecular complexity index is 894. The number of fused-ring (bicyclic) bond motifs is 1. The molecule has 2 aromatic carbocycles. The molecule has 1 amide bonds. The molecule has 1 N–H and O–H groups in total. The molecule has 7 heteroatoms. The maximum Gasteiger partial charge on any atom is 0.259 e. The molecule has 1 aliphatic rings. The molecule has 4 rings (SSSR count). The van der Waals surface area contributed by atoms with Gasteiger partial charge in [-0.15, -0.1) is 0 Å². The lowest BCUT2D eigenvalue weighted by molar-refractivity contribution is 0.0616. The number of aromatic nitrogens is 2. The molecular formula is C19H18F2N4O. The monoisotopic (exact) mass is 356 g/mol. The van der Waals surface area contributed by atoms with Crippen LogP contribution in [0.15, 0.2) is 42.5 Å². The summed E-state index contributed by atoms with van der Waals surface area (Å²) < 4.78 is 27.6. The minimum absolute atomic E-state index is 0.423. The van der Waals surface area contributed by atoms with Crippen LogP contribution in [-0.4, -0.2) is 51.9 Å². The summed E-state index contributed by atoms with van der Waals surface area (Å²) in [6, 6.07) is 11.3. The van der Waals surface area contributed by atoms with Crippen molar-refractivity contribution in [1.82, 2.24) is 19.8 Å². The summed E-state index contributed by atoms with van der Waals surface area (Å²) in [5.74, 6) is -1.37. The topological polar surface area (TPSA) is 52.2 Å². The Hall–Kier alpha value is -2.80. The maximum absolute atomic E-state index is 13.8. The normalized spacial score (nSPS) is 15.5. The quantitative estimate of drug-likeness (QED) is 0.785. The van der Waals surface area contributed by atoms with Gasteiger partial charge in [0.1, 0.15) is 23.0 Å². The van der Waals surface area contributed by atoms with E-state index in [0.717, 1.165) is 29.0 Å². The third-order valence-corrected chi connectivity index (χ3v) is 4.65. The van der Waals surface area contributed by atoms with Crippen LogP contribution < -0.4 is 0 Å². The summed E-state index contributed by atoms with van der Waals surface area (Å²) in [4.78, 5) is 23.9. The predicted molar refractivity (Wildman–Crippen MR) is 93.6 cm³/mol. The molecule has 3 aromatic rings. The number of hydrogen-bond acceptors (Lipinski definition) is 3. The summed E-state index contributed by atoms with van der Waals surface area (Å²) >= 11 is 0. The third kappa shape index (κ3) is 3.17. The van der Waals surface area contributed by atoms with Crippen molar-refractivity contribution in [3.63, 3.8) is 0 Å². The highest BCUT2D eigenvalue weighted by Crippen LogP contribution is 2.17. The number of nitrogens with one attached hydrogen (secondary N) is 1. The van der Waals surface area contributed by atoms with E-state index in [1.807, 2.05) is 24.3 Å². The summed E-state index contributed by atoms with van der Waals surface area (Å²) in [7, 11) is 0. The van der Waals surface area contributed by atoms with Gasteiger partial charge in [0, 0.05) is 26.2 Å². The highest BCUT2D eigenvalue weighted by atomic mass is 19.1. The van der Waals surface area contributed by atoms with E-state index in [0.29, 0.717) is 32.7 Å². The van der Waals surface area contributed by atoms with Crippen LogP contribution in [0.2, 0.25) is 0 Å². The van der Waals surface area contributed by atoms with E-state index in [2.05, 4.69) is 14.9 Å². The van der Waals surface area contributed by atoms with E-state index >= 15 is 0 Å². The first-order valence-corrected chi connectivity index (χ1v) is 8.51. The van der Waals surface area contributed by atoms with Gasteiger partial charge in [0.25, 0.3) is 5.91 Å². The SMILES string of the molecule is O=C(c1c(F)cccc1F)N1CCN(Cc2nc3ccccc3[nH]2)CC1. The Balaban J connectivity index is 1.40. The van der Waals surface area contributed by atoms with Gasteiger partial charge in [-0.2, -0.15) is 0 Å². The van der Waals surface area contributed by atoms with Gasteiger partial charge in [-0.05, 0) is 24.3 Å². The third-order valence-electron chi connectivity index (χ3n) is 4.65. The lowest BCUT2D eigenvalue weighted by Gasteiger charge is -2.34. The lowest BCUT2D eigenvalue weighted by Crippen LogP contribution is -2.48. The molecule has 0 aliphatic carbocycles. The molecule has 1 aliphatic heterocycles. The van der Waals surface area contributed by atoms with E-state index in [1.165, 1.54) is 11.0 Å². The Morgan fingerprint density at radius 2 is 1.69 bits per heavy atom. The number of halogens is 2. The van der Waals surface area contributed by atoms with Crippen molar-refractivity contribution in [2.24, 2.45) is 0 Å². The standard InChI is InChI=1S/C19H18F2N4O/c20-13-4-3-5-14(21)18(13)19(26)25-10-8-24(9-11-25)12-17-22-15-6-1-2-7-16(15)23-17/h1-7H,8-12H2,(H,22,23). The largest absolute Gasteiger partial charge is 0.341 e. The second kappa shape index (κ2) is 6.84. The smallest absolute Gasteiger partial charge is 0.259 e. The molecule has 1 saturated heterocycles. The first-order valence-electron chi connectivity index (χ1n) is 8.51. The average Bonchev–Trinajstić information content (AvgIpc) is 3.04. The van der Waals surface area contributed by atoms with Crippen molar-refractivity contribution in [3.8, 4) is 0 Å². The van der Waals surface area contributed by atoms with Gasteiger partial charge in [-0.25, -0.2) is 13.8 Å². The van der Waals surface area contributed by atoms with Gasteiger partial charge < -0.3 is 9.88 Å². The summed E-state index contributed by atoms with van der Waals surface area (Å²) in [6.07, 6.45) is 0. The summed E-state index contributed by atoms with van der Waals surface area (Å²) in [6.45, 7) is 2.74. The second-order valence-electron chi connectivity index (χ2n) is 6.37. The fraction of sp³-hybridized carbons (Fsp3) is 0.263. The number of aromatic amines is 1. The fourth-order valence-electron chi connectivity index (χ4n) is 3.26. The minimum atomic E-state index is -0.820. The first kappa shape index (κ1) is 16.7. The number of para-hydroxylation sites is 2. The number of nitrogens with zero attached hydrogens (tertiary/aromatic N) is 3. The molecule has 0 unspecified atom stereocenters. The van der Waals surface area contributed by atoms with E-state index in [1.54, 1.807) is 0 Å². The van der Waals surface area contributed by atoms with Gasteiger partial charge in [0.2, 0.25) is 0 Å². The number of rotatable bonds is 3. The van der Waals surface area contributed by atoms with Gasteiger partial charge in [0.05, 0.1) is 17.6 Å². The van der Waals surface area contributed by atoms with Gasteiger partial charge >= 0.3 is 0 Å². The molecule has 134 valence electrons. The Morgan fingerprint density at radius 1 is 1.00 bits per heavy atom. The van der Waals surface area contributed by atoms with Crippen LogP contribution in [-0.2, 0) is 6.54 Å². The van der Waals surface area contributed by atoms with Crippen LogP contribution >= 0.6 is 0 Å². The molecule has 1 aromatic heterocycles. The van der Waals surface area contributed by atoms with Crippen LogP contribution in [0.25, 0.3) is 11.0 Å². The Labute approximate surface area is 149 Å². The van der Waals surface area contributed by atoms with Crippen molar-refractivity contribution < 1.29 is 13.6 Å². The molecular weight excluding hydrogens is 338 g/mol.